The normalized spacial score (nSPS) is 29.2. The number of aliphatic carboxylic acids is 1. The molecule has 4 atom stereocenters. The predicted octanol–water partition coefficient (Wildman–Crippen LogP) is 4.78. The molecule has 2 aliphatic heterocycles. The first-order chi connectivity index (χ1) is 22.1. The van der Waals surface area contributed by atoms with Crippen molar-refractivity contribution in [2.45, 2.75) is 122 Å². The third-order valence-corrected chi connectivity index (χ3v) is 10.7. The highest BCUT2D eigenvalue weighted by Gasteiger charge is 2.59. The molecule has 0 radical (unpaired) electrons. The predicted molar refractivity (Wildman–Crippen MR) is 171 cm³/mol. The van der Waals surface area contributed by atoms with Crippen LogP contribution in [0.25, 0.3) is 0 Å². The molecular formula is C35H48N4O8. The van der Waals surface area contributed by atoms with E-state index in [1.165, 1.54) is 19.2 Å². The van der Waals surface area contributed by atoms with Crippen LogP contribution in [-0.2, 0) is 14.3 Å². The van der Waals surface area contributed by atoms with Crippen LogP contribution in [0.4, 0.5) is 4.79 Å². The number of amides is 3. The number of methoxy groups -OCH3 is 1. The average molecular weight is 653 g/mol. The largest absolute Gasteiger partial charge is 0.496 e. The first kappa shape index (κ1) is 34.3. The number of nitrogens with zero attached hydrogens (tertiary/aromatic N) is 2. The second kappa shape index (κ2) is 12.9. The molecule has 0 spiro atoms. The molecule has 2 bridgehead atoms. The van der Waals surface area contributed by atoms with Gasteiger partial charge in [-0.3, -0.25) is 19.3 Å². The number of hydrogen-bond donors (Lipinski definition) is 3. The smallest absolute Gasteiger partial charge is 0.410 e. The molecule has 4 fully saturated rings. The van der Waals surface area contributed by atoms with Gasteiger partial charge in [0.05, 0.1) is 47.8 Å². The van der Waals surface area contributed by atoms with Crippen molar-refractivity contribution in [2.24, 2.45) is 16.7 Å². The van der Waals surface area contributed by atoms with Crippen LogP contribution in [0.3, 0.4) is 0 Å². The molecule has 0 unspecified atom stereocenters. The van der Waals surface area contributed by atoms with Gasteiger partial charge in [0.15, 0.2) is 0 Å². The summed E-state index contributed by atoms with van der Waals surface area (Å²) in [5, 5.41) is 25.7. The van der Waals surface area contributed by atoms with Crippen LogP contribution in [0, 0.1) is 28.1 Å². The van der Waals surface area contributed by atoms with Crippen molar-refractivity contribution < 1.29 is 38.5 Å². The van der Waals surface area contributed by atoms with Gasteiger partial charge in [-0.1, -0.05) is 13.3 Å². The van der Waals surface area contributed by atoms with Crippen molar-refractivity contribution >= 4 is 23.9 Å². The number of carbonyl (C=O) groups excluding carboxylic acids is 3. The molecule has 4 aliphatic rings. The summed E-state index contributed by atoms with van der Waals surface area (Å²) in [6, 6.07) is 3.48. The van der Waals surface area contributed by atoms with E-state index in [4.69, 9.17) is 14.2 Å². The van der Waals surface area contributed by atoms with Crippen LogP contribution in [-0.4, -0.2) is 77.4 Å². The third kappa shape index (κ3) is 6.99. The Kier molecular flexibility index (Phi) is 9.41. The van der Waals surface area contributed by atoms with E-state index < -0.39 is 53.0 Å². The monoisotopic (exact) mass is 652 g/mol. The van der Waals surface area contributed by atoms with Gasteiger partial charge in [0, 0.05) is 18.7 Å². The van der Waals surface area contributed by atoms with Gasteiger partial charge in [-0.05, 0) is 90.5 Å². The molecule has 1 aromatic rings. The molecule has 2 heterocycles. The Morgan fingerprint density at radius 3 is 2.23 bits per heavy atom. The lowest BCUT2D eigenvalue weighted by Crippen LogP contribution is -2.53. The maximum absolute atomic E-state index is 14.0. The Balaban J connectivity index is 1.39. The van der Waals surface area contributed by atoms with E-state index in [1.807, 2.05) is 0 Å². The molecule has 2 saturated carbocycles. The molecule has 47 heavy (non-hydrogen) atoms. The summed E-state index contributed by atoms with van der Waals surface area (Å²) in [6.07, 6.45) is 5.43. The molecule has 12 nitrogen and oxygen atoms in total. The molecule has 1 aromatic carbocycles. The highest BCUT2D eigenvalue weighted by atomic mass is 16.6. The van der Waals surface area contributed by atoms with Crippen molar-refractivity contribution in [3.05, 3.63) is 23.3 Å². The number of carboxylic acid groups (broad SMARTS) is 1. The quantitative estimate of drug-likeness (QED) is 0.340. The van der Waals surface area contributed by atoms with Crippen molar-refractivity contribution in [1.29, 1.82) is 5.26 Å². The van der Waals surface area contributed by atoms with Crippen LogP contribution in [0.5, 0.6) is 11.5 Å². The number of rotatable bonds is 9. The summed E-state index contributed by atoms with van der Waals surface area (Å²) in [5.74, 6) is -1.88. The Labute approximate surface area is 276 Å². The van der Waals surface area contributed by atoms with Gasteiger partial charge in [-0.2, -0.15) is 5.26 Å². The summed E-state index contributed by atoms with van der Waals surface area (Å²) < 4.78 is 17.5. The van der Waals surface area contributed by atoms with Crippen LogP contribution in [0.1, 0.15) is 108 Å². The highest BCUT2D eigenvalue weighted by Crippen LogP contribution is 2.45. The number of carbonyl (C=O) groups is 4. The summed E-state index contributed by atoms with van der Waals surface area (Å²) in [7, 11) is 1.40. The first-order valence-electron chi connectivity index (χ1n) is 16.7. The van der Waals surface area contributed by atoms with Crippen molar-refractivity contribution in [2.75, 3.05) is 13.7 Å². The second-order valence-electron chi connectivity index (χ2n) is 15.4. The van der Waals surface area contributed by atoms with Crippen LogP contribution < -0.4 is 20.1 Å². The van der Waals surface area contributed by atoms with Crippen molar-refractivity contribution in [3.63, 3.8) is 0 Å². The minimum Gasteiger partial charge on any atom is -0.496 e. The number of benzene rings is 1. The van der Waals surface area contributed by atoms with Gasteiger partial charge in [-0.25, -0.2) is 4.79 Å². The van der Waals surface area contributed by atoms with E-state index >= 15 is 0 Å². The minimum atomic E-state index is -0.841. The second-order valence-corrected chi connectivity index (χ2v) is 15.4. The van der Waals surface area contributed by atoms with Gasteiger partial charge in [-0.15, -0.1) is 0 Å². The molecule has 256 valence electrons. The van der Waals surface area contributed by atoms with E-state index in [1.54, 1.807) is 32.6 Å². The Morgan fingerprint density at radius 1 is 1.02 bits per heavy atom. The van der Waals surface area contributed by atoms with Crippen LogP contribution >= 0.6 is 0 Å². The number of fused-ring (bicyclic) bond motifs is 2. The number of hydrogen-bond acceptors (Lipinski definition) is 8. The number of carboxylic acids is 1. The lowest BCUT2D eigenvalue weighted by Gasteiger charge is -2.39. The summed E-state index contributed by atoms with van der Waals surface area (Å²) >= 11 is 0. The lowest BCUT2D eigenvalue weighted by atomic mass is 9.70. The number of ether oxygens (including phenoxy) is 3. The molecule has 12 heteroatoms. The van der Waals surface area contributed by atoms with Crippen LogP contribution in [0.2, 0.25) is 0 Å². The molecule has 3 amide bonds. The standard InChI is InChI=1S/C35H48N4O8/c1-33(2,3)47-32(44)39-23-8-9-24(39)28(27(23)30(41)37-19-34(4)12-7-13-34)38-29(40)22-17-25(20(18-36)16-26(22)45-6)46-21-10-14-35(5,15-11-21)31(42)43/h16-17,21,23-24,27-28H,7-15,19H2,1-6H3,(H,37,41)(H,38,40)(H,42,43)/t21?,23-,24+,27+,28-,35?/m1/s1. The van der Waals surface area contributed by atoms with Crippen molar-refractivity contribution in [3.8, 4) is 17.6 Å². The molecule has 5 rings (SSSR count). The maximum Gasteiger partial charge on any atom is 0.410 e. The molecule has 2 saturated heterocycles. The molecular weight excluding hydrogens is 604 g/mol. The Hall–Kier alpha value is -4.01. The molecule has 2 aliphatic carbocycles. The fourth-order valence-electron chi connectivity index (χ4n) is 7.59. The number of nitrogens with one attached hydrogen (secondary N) is 2. The van der Waals surface area contributed by atoms with E-state index in [2.05, 4.69) is 23.6 Å². The zero-order valence-electron chi connectivity index (χ0n) is 28.3. The van der Waals surface area contributed by atoms with E-state index in [9.17, 15) is 29.5 Å². The Morgan fingerprint density at radius 2 is 1.68 bits per heavy atom. The summed E-state index contributed by atoms with van der Waals surface area (Å²) in [6.45, 7) is 9.78. The summed E-state index contributed by atoms with van der Waals surface area (Å²) in [5.41, 5.74) is -1.20. The van der Waals surface area contributed by atoms with E-state index in [0.717, 1.165) is 19.3 Å². The zero-order chi connectivity index (χ0) is 34.3. The average Bonchev–Trinajstić information content (AvgIpc) is 3.56. The fraction of sp³-hybridized carbons (Fsp3) is 0.686. The van der Waals surface area contributed by atoms with Gasteiger partial charge in [0.1, 0.15) is 23.2 Å². The minimum absolute atomic E-state index is 0.0493. The first-order valence-corrected chi connectivity index (χ1v) is 16.7. The topological polar surface area (TPSA) is 167 Å². The van der Waals surface area contributed by atoms with Gasteiger partial charge < -0.3 is 30.0 Å². The van der Waals surface area contributed by atoms with E-state index in [0.29, 0.717) is 45.1 Å². The summed E-state index contributed by atoms with van der Waals surface area (Å²) in [4.78, 5) is 54.6. The zero-order valence-corrected chi connectivity index (χ0v) is 28.3. The fourth-order valence-corrected chi connectivity index (χ4v) is 7.59. The third-order valence-electron chi connectivity index (χ3n) is 10.7. The SMILES string of the molecule is COc1cc(C#N)c(OC2CCC(C)(C(=O)O)CC2)cc1C(=O)N[C@H]1[C@@H](C(=O)NCC2(C)CCC2)[C@H]2CC[C@@H]1N2C(=O)OC(C)(C)C. The number of nitriles is 1. The highest BCUT2D eigenvalue weighted by molar-refractivity contribution is 5.98. The van der Waals surface area contributed by atoms with Crippen LogP contribution in [0.15, 0.2) is 12.1 Å². The molecule has 0 aromatic heterocycles. The Bertz CT molecular complexity index is 1450. The van der Waals surface area contributed by atoms with Crippen molar-refractivity contribution in [1.82, 2.24) is 15.5 Å². The lowest BCUT2D eigenvalue weighted by molar-refractivity contribution is -0.150. The van der Waals surface area contributed by atoms with E-state index in [-0.39, 0.29) is 40.1 Å². The van der Waals surface area contributed by atoms with Gasteiger partial charge in [0.2, 0.25) is 5.91 Å². The molecule has 3 N–H and O–H groups in total. The van der Waals surface area contributed by atoms with Gasteiger partial charge >= 0.3 is 12.1 Å². The maximum atomic E-state index is 14.0. The van der Waals surface area contributed by atoms with Gasteiger partial charge in [0.25, 0.3) is 5.91 Å².